The van der Waals surface area contributed by atoms with Crippen LogP contribution >= 0.6 is 0 Å². The van der Waals surface area contributed by atoms with Gasteiger partial charge in [-0.3, -0.25) is 4.79 Å². The molecular weight excluding hydrogens is 248 g/mol. The van der Waals surface area contributed by atoms with Gasteiger partial charge in [-0.2, -0.15) is 0 Å². The lowest BCUT2D eigenvalue weighted by Gasteiger charge is -2.09. The highest BCUT2D eigenvalue weighted by Crippen LogP contribution is 2.14. The Labute approximate surface area is 120 Å². The number of para-hydroxylation sites is 1. The fourth-order valence-corrected chi connectivity index (χ4v) is 2.17. The van der Waals surface area contributed by atoms with E-state index in [2.05, 4.69) is 0 Å². The van der Waals surface area contributed by atoms with Gasteiger partial charge in [0.15, 0.2) is 5.78 Å². The Bertz CT molecular complexity index is 546. The average Bonchev–Trinajstić information content (AvgIpc) is 2.49. The SMILES string of the molecule is CCCC(=O)c1ccccc1CCOc1ccccc1. The summed E-state index contributed by atoms with van der Waals surface area (Å²) in [6.07, 6.45) is 2.24. The minimum absolute atomic E-state index is 0.225. The largest absolute Gasteiger partial charge is 0.493 e. The molecule has 2 aromatic rings. The zero-order valence-corrected chi connectivity index (χ0v) is 11.8. The van der Waals surface area contributed by atoms with Crippen LogP contribution < -0.4 is 4.74 Å². The molecule has 0 aliphatic carbocycles. The van der Waals surface area contributed by atoms with Crippen molar-refractivity contribution in [2.75, 3.05) is 6.61 Å². The second-order valence-electron chi connectivity index (χ2n) is 4.74. The van der Waals surface area contributed by atoms with Gasteiger partial charge in [0, 0.05) is 18.4 Å². The monoisotopic (exact) mass is 268 g/mol. The highest BCUT2D eigenvalue weighted by molar-refractivity contribution is 5.97. The Balaban J connectivity index is 1.97. The molecule has 2 aromatic carbocycles. The molecule has 0 unspecified atom stereocenters. The lowest BCUT2D eigenvalue weighted by molar-refractivity contribution is 0.0980. The van der Waals surface area contributed by atoms with Crippen LogP contribution in [0.2, 0.25) is 0 Å². The summed E-state index contributed by atoms with van der Waals surface area (Å²) in [6, 6.07) is 17.6. The molecule has 0 saturated heterocycles. The van der Waals surface area contributed by atoms with Gasteiger partial charge in [0.05, 0.1) is 6.61 Å². The van der Waals surface area contributed by atoms with E-state index in [0.29, 0.717) is 13.0 Å². The summed E-state index contributed by atoms with van der Waals surface area (Å²) in [4.78, 5) is 12.1. The Kier molecular flexibility index (Phi) is 5.36. The molecule has 2 heteroatoms. The first kappa shape index (κ1) is 14.3. The van der Waals surface area contributed by atoms with Gasteiger partial charge in [0.25, 0.3) is 0 Å². The molecular formula is C18H20O2. The number of rotatable bonds is 7. The van der Waals surface area contributed by atoms with E-state index in [0.717, 1.165) is 29.7 Å². The normalized spacial score (nSPS) is 10.2. The van der Waals surface area contributed by atoms with Gasteiger partial charge in [-0.1, -0.05) is 49.4 Å². The maximum absolute atomic E-state index is 12.1. The Hall–Kier alpha value is -2.09. The van der Waals surface area contributed by atoms with Crippen LogP contribution in [0.25, 0.3) is 0 Å². The average molecular weight is 268 g/mol. The van der Waals surface area contributed by atoms with E-state index in [1.807, 2.05) is 61.5 Å². The van der Waals surface area contributed by atoms with Crippen molar-refractivity contribution >= 4 is 5.78 Å². The van der Waals surface area contributed by atoms with Crippen LogP contribution in [-0.4, -0.2) is 12.4 Å². The second kappa shape index (κ2) is 7.49. The molecule has 20 heavy (non-hydrogen) atoms. The zero-order valence-electron chi connectivity index (χ0n) is 11.8. The fraction of sp³-hybridized carbons (Fsp3) is 0.278. The first-order valence-electron chi connectivity index (χ1n) is 7.10. The van der Waals surface area contributed by atoms with Gasteiger partial charge in [-0.05, 0) is 24.1 Å². The van der Waals surface area contributed by atoms with Crippen molar-refractivity contribution in [3.05, 3.63) is 65.7 Å². The smallest absolute Gasteiger partial charge is 0.163 e. The predicted molar refractivity (Wildman–Crippen MR) is 81.3 cm³/mol. The van der Waals surface area contributed by atoms with E-state index in [1.165, 1.54) is 0 Å². The number of ether oxygens (including phenoxy) is 1. The minimum atomic E-state index is 0.225. The molecule has 0 N–H and O–H groups in total. The van der Waals surface area contributed by atoms with E-state index < -0.39 is 0 Å². The Morgan fingerprint density at radius 1 is 1.00 bits per heavy atom. The first-order chi connectivity index (χ1) is 9.81. The molecule has 0 bridgehead atoms. The number of Topliss-reactive ketones (excluding diaryl/α,β-unsaturated/α-hetero) is 1. The van der Waals surface area contributed by atoms with Gasteiger partial charge >= 0.3 is 0 Å². The number of hydrogen-bond donors (Lipinski definition) is 0. The zero-order chi connectivity index (χ0) is 14.2. The van der Waals surface area contributed by atoms with E-state index in [1.54, 1.807) is 0 Å². The van der Waals surface area contributed by atoms with Crippen LogP contribution in [0.4, 0.5) is 0 Å². The third-order valence-electron chi connectivity index (χ3n) is 3.18. The van der Waals surface area contributed by atoms with Crippen molar-refractivity contribution in [2.45, 2.75) is 26.2 Å². The van der Waals surface area contributed by atoms with Crippen molar-refractivity contribution in [1.29, 1.82) is 0 Å². The number of carbonyl (C=O) groups excluding carboxylic acids is 1. The van der Waals surface area contributed by atoms with Gasteiger partial charge in [-0.15, -0.1) is 0 Å². The lowest BCUT2D eigenvalue weighted by atomic mass is 9.99. The molecule has 104 valence electrons. The van der Waals surface area contributed by atoms with Crippen LogP contribution in [0.3, 0.4) is 0 Å². The van der Waals surface area contributed by atoms with Crippen molar-refractivity contribution in [3.8, 4) is 5.75 Å². The van der Waals surface area contributed by atoms with Crippen molar-refractivity contribution in [3.63, 3.8) is 0 Å². The quantitative estimate of drug-likeness (QED) is 0.700. The van der Waals surface area contributed by atoms with Gasteiger partial charge in [-0.25, -0.2) is 0 Å². The van der Waals surface area contributed by atoms with Crippen LogP contribution in [0.1, 0.15) is 35.7 Å². The first-order valence-corrected chi connectivity index (χ1v) is 7.10. The maximum Gasteiger partial charge on any atom is 0.163 e. The maximum atomic E-state index is 12.1. The molecule has 0 aliphatic heterocycles. The molecule has 0 aromatic heterocycles. The summed E-state index contributed by atoms with van der Waals surface area (Å²) < 4.78 is 5.69. The standard InChI is InChI=1S/C18H20O2/c1-2-8-18(19)17-12-7-6-9-15(17)13-14-20-16-10-4-3-5-11-16/h3-7,9-12H,2,8,13-14H2,1H3. The van der Waals surface area contributed by atoms with Crippen molar-refractivity contribution in [1.82, 2.24) is 0 Å². The molecule has 0 spiro atoms. The highest BCUT2D eigenvalue weighted by Gasteiger charge is 2.09. The summed E-state index contributed by atoms with van der Waals surface area (Å²) >= 11 is 0. The Morgan fingerprint density at radius 3 is 2.45 bits per heavy atom. The van der Waals surface area contributed by atoms with E-state index in [-0.39, 0.29) is 5.78 Å². The Morgan fingerprint density at radius 2 is 1.70 bits per heavy atom. The molecule has 0 atom stereocenters. The summed E-state index contributed by atoms with van der Waals surface area (Å²) in [5.41, 5.74) is 1.91. The van der Waals surface area contributed by atoms with E-state index >= 15 is 0 Å². The summed E-state index contributed by atoms with van der Waals surface area (Å²) in [6.45, 7) is 2.61. The summed E-state index contributed by atoms with van der Waals surface area (Å²) in [7, 11) is 0. The number of benzene rings is 2. The molecule has 0 amide bonds. The lowest BCUT2D eigenvalue weighted by Crippen LogP contribution is -2.07. The fourth-order valence-electron chi connectivity index (χ4n) is 2.17. The molecule has 0 radical (unpaired) electrons. The van der Waals surface area contributed by atoms with Crippen LogP contribution in [-0.2, 0) is 6.42 Å². The highest BCUT2D eigenvalue weighted by atomic mass is 16.5. The molecule has 2 rings (SSSR count). The van der Waals surface area contributed by atoms with Crippen molar-refractivity contribution < 1.29 is 9.53 Å². The third kappa shape index (κ3) is 3.95. The molecule has 2 nitrogen and oxygen atoms in total. The van der Waals surface area contributed by atoms with Crippen LogP contribution in [0.15, 0.2) is 54.6 Å². The van der Waals surface area contributed by atoms with Gasteiger partial charge in [0.2, 0.25) is 0 Å². The van der Waals surface area contributed by atoms with Crippen LogP contribution in [0, 0.1) is 0 Å². The molecule has 0 aliphatic rings. The second-order valence-corrected chi connectivity index (χ2v) is 4.74. The number of ketones is 1. The number of hydrogen-bond acceptors (Lipinski definition) is 2. The molecule has 0 fully saturated rings. The molecule has 0 saturated carbocycles. The topological polar surface area (TPSA) is 26.3 Å². The summed E-state index contributed by atoms with van der Waals surface area (Å²) in [5.74, 6) is 1.09. The van der Waals surface area contributed by atoms with E-state index in [4.69, 9.17) is 4.74 Å². The van der Waals surface area contributed by atoms with Crippen molar-refractivity contribution in [2.24, 2.45) is 0 Å². The van der Waals surface area contributed by atoms with Gasteiger partial charge < -0.3 is 4.74 Å². The van der Waals surface area contributed by atoms with Crippen LogP contribution in [0.5, 0.6) is 5.75 Å². The van der Waals surface area contributed by atoms with E-state index in [9.17, 15) is 4.79 Å². The minimum Gasteiger partial charge on any atom is -0.493 e. The third-order valence-corrected chi connectivity index (χ3v) is 3.18. The predicted octanol–water partition coefficient (Wildman–Crippen LogP) is 4.29. The number of carbonyl (C=O) groups is 1. The summed E-state index contributed by atoms with van der Waals surface area (Å²) in [5, 5.41) is 0. The van der Waals surface area contributed by atoms with Gasteiger partial charge in [0.1, 0.15) is 5.75 Å². The molecule has 0 heterocycles.